The molecule has 1 saturated heterocycles. The summed E-state index contributed by atoms with van der Waals surface area (Å²) in [5.74, 6) is -0.199. The third-order valence-electron chi connectivity index (χ3n) is 2.02. The van der Waals surface area contributed by atoms with Crippen LogP contribution in [0.4, 0.5) is 0 Å². The van der Waals surface area contributed by atoms with Crippen molar-refractivity contribution in [2.45, 2.75) is 4.90 Å². The second-order valence-electron chi connectivity index (χ2n) is 3.19. The lowest BCUT2D eigenvalue weighted by molar-refractivity contribution is -0.125. The predicted octanol–water partition coefficient (Wildman–Crippen LogP) is 0.740. The highest BCUT2D eigenvalue weighted by molar-refractivity contribution is 8.24. The van der Waals surface area contributed by atoms with Gasteiger partial charge >= 0.3 is 0 Å². The number of amides is 1. The molecule has 90 valence electrons. The predicted molar refractivity (Wildman–Crippen MR) is 68.7 cm³/mol. The van der Waals surface area contributed by atoms with Gasteiger partial charge in [-0.2, -0.15) is 0 Å². The van der Waals surface area contributed by atoms with Gasteiger partial charge in [0, 0.05) is 0 Å². The van der Waals surface area contributed by atoms with Crippen molar-refractivity contribution in [2.24, 2.45) is 0 Å². The quantitative estimate of drug-likeness (QED) is 0.831. The first kappa shape index (κ1) is 12.5. The maximum atomic E-state index is 11.9. The van der Waals surface area contributed by atoms with E-state index in [1.807, 2.05) is 0 Å². The largest absolute Gasteiger partial charge is 0.272 e. The molecule has 1 N–H and O–H groups in total. The van der Waals surface area contributed by atoms with Gasteiger partial charge in [0.1, 0.15) is 0 Å². The summed E-state index contributed by atoms with van der Waals surface area (Å²) in [5.41, 5.74) is 0. The maximum Gasteiger partial charge on any atom is 0.257 e. The number of hydrogen-bond acceptors (Lipinski definition) is 5. The van der Waals surface area contributed by atoms with Crippen molar-refractivity contribution in [3.05, 3.63) is 30.3 Å². The van der Waals surface area contributed by atoms with E-state index in [-0.39, 0.29) is 20.9 Å². The second-order valence-corrected chi connectivity index (χ2v) is 6.46. The number of thiocarbonyl (C=S) groups is 1. The first-order chi connectivity index (χ1) is 8.00. The normalized spacial score (nSPS) is 16.6. The van der Waals surface area contributed by atoms with E-state index in [0.717, 1.165) is 16.8 Å². The van der Waals surface area contributed by atoms with Crippen molar-refractivity contribution >= 4 is 44.2 Å². The van der Waals surface area contributed by atoms with Crippen LogP contribution < -0.4 is 4.83 Å². The van der Waals surface area contributed by atoms with Crippen molar-refractivity contribution < 1.29 is 13.2 Å². The fraction of sp³-hybridized carbons (Fsp3) is 0.111. The number of hydrazine groups is 1. The molecular formula is C9H8N2O3S3. The number of sulfonamides is 1. The first-order valence-electron chi connectivity index (χ1n) is 4.58. The Kier molecular flexibility index (Phi) is 3.48. The fourth-order valence-electron chi connectivity index (χ4n) is 1.22. The Labute approximate surface area is 108 Å². The molecule has 0 unspecified atom stereocenters. The van der Waals surface area contributed by atoms with Crippen LogP contribution in [0.15, 0.2) is 35.2 Å². The minimum atomic E-state index is -3.76. The third-order valence-corrected chi connectivity index (χ3v) is 4.69. The third kappa shape index (κ3) is 2.65. The molecule has 0 aliphatic carbocycles. The SMILES string of the molecule is O=C1CSC(=S)N1NS(=O)(=O)c1ccccc1. The van der Waals surface area contributed by atoms with Crippen molar-refractivity contribution in [3.63, 3.8) is 0 Å². The molecule has 1 amide bonds. The number of thioether (sulfide) groups is 1. The highest BCUT2D eigenvalue weighted by Crippen LogP contribution is 2.19. The van der Waals surface area contributed by atoms with Gasteiger partial charge in [0.25, 0.3) is 15.9 Å². The van der Waals surface area contributed by atoms with E-state index in [2.05, 4.69) is 4.83 Å². The molecule has 1 aliphatic rings. The van der Waals surface area contributed by atoms with E-state index in [0.29, 0.717) is 0 Å². The molecule has 1 aromatic carbocycles. The van der Waals surface area contributed by atoms with Crippen LogP contribution in [0.25, 0.3) is 0 Å². The summed E-state index contributed by atoms with van der Waals surface area (Å²) in [7, 11) is -3.76. The Morgan fingerprint density at radius 3 is 2.47 bits per heavy atom. The monoisotopic (exact) mass is 288 g/mol. The lowest BCUT2D eigenvalue weighted by Gasteiger charge is -2.15. The van der Waals surface area contributed by atoms with E-state index >= 15 is 0 Å². The Morgan fingerprint density at radius 2 is 1.94 bits per heavy atom. The number of carbonyl (C=O) groups excluding carboxylic acids is 1. The van der Waals surface area contributed by atoms with Crippen LogP contribution in [-0.2, 0) is 14.8 Å². The van der Waals surface area contributed by atoms with Gasteiger partial charge in [0.15, 0.2) is 4.32 Å². The first-order valence-corrected chi connectivity index (χ1v) is 7.45. The summed E-state index contributed by atoms with van der Waals surface area (Å²) in [6, 6.07) is 7.81. The summed E-state index contributed by atoms with van der Waals surface area (Å²) < 4.78 is 24.0. The summed E-state index contributed by atoms with van der Waals surface area (Å²) in [6.07, 6.45) is 0. The molecule has 1 aromatic rings. The van der Waals surface area contributed by atoms with Crippen molar-refractivity contribution in [1.29, 1.82) is 0 Å². The lowest BCUT2D eigenvalue weighted by Crippen LogP contribution is -2.44. The van der Waals surface area contributed by atoms with Crippen LogP contribution >= 0.6 is 24.0 Å². The van der Waals surface area contributed by atoms with Gasteiger partial charge in [-0.05, 0) is 12.1 Å². The Balaban J connectivity index is 2.24. The molecular weight excluding hydrogens is 280 g/mol. The van der Waals surface area contributed by atoms with Crippen molar-refractivity contribution in [1.82, 2.24) is 9.84 Å². The molecule has 8 heteroatoms. The van der Waals surface area contributed by atoms with E-state index in [9.17, 15) is 13.2 Å². The van der Waals surface area contributed by atoms with Crippen molar-refractivity contribution in [3.8, 4) is 0 Å². The standard InChI is InChI=1S/C9H8N2O3S3/c12-8-6-16-9(15)11(8)10-17(13,14)7-4-2-1-3-5-7/h1-5,10H,6H2. The zero-order valence-electron chi connectivity index (χ0n) is 8.49. The lowest BCUT2D eigenvalue weighted by atomic mass is 10.4. The molecule has 0 saturated carbocycles. The van der Waals surface area contributed by atoms with E-state index in [1.165, 1.54) is 12.1 Å². The summed E-state index contributed by atoms with van der Waals surface area (Å²) in [6.45, 7) is 0. The van der Waals surface area contributed by atoms with Gasteiger partial charge in [0.05, 0.1) is 10.6 Å². The molecule has 0 spiro atoms. The molecule has 5 nitrogen and oxygen atoms in total. The van der Waals surface area contributed by atoms with Gasteiger partial charge in [-0.3, -0.25) is 4.79 Å². The molecule has 1 heterocycles. The second kappa shape index (κ2) is 4.73. The number of rotatable bonds is 3. The van der Waals surface area contributed by atoms with Crippen LogP contribution in [0, 0.1) is 0 Å². The van der Waals surface area contributed by atoms with E-state index in [4.69, 9.17) is 12.2 Å². The number of hydrogen-bond donors (Lipinski definition) is 1. The summed E-state index contributed by atoms with van der Waals surface area (Å²) in [5, 5.41) is 0.891. The minimum absolute atomic E-state index is 0.0903. The highest BCUT2D eigenvalue weighted by atomic mass is 32.2. The maximum absolute atomic E-state index is 11.9. The molecule has 0 bridgehead atoms. The molecule has 0 radical (unpaired) electrons. The summed E-state index contributed by atoms with van der Waals surface area (Å²) >= 11 is 6.01. The average Bonchev–Trinajstić information content (AvgIpc) is 2.62. The van der Waals surface area contributed by atoms with Crippen LogP contribution in [0.5, 0.6) is 0 Å². The minimum Gasteiger partial charge on any atom is -0.272 e. The molecule has 1 aliphatic heterocycles. The van der Waals surface area contributed by atoms with Crippen LogP contribution in [-0.4, -0.2) is 29.4 Å². The number of carbonyl (C=O) groups is 1. The summed E-state index contributed by atoms with van der Waals surface area (Å²) in [4.78, 5) is 13.6. The van der Waals surface area contributed by atoms with Gasteiger partial charge < -0.3 is 0 Å². The number of benzene rings is 1. The number of nitrogens with zero attached hydrogens (tertiary/aromatic N) is 1. The fourth-order valence-corrected chi connectivity index (χ4v) is 3.36. The number of nitrogens with one attached hydrogen (secondary N) is 1. The van der Waals surface area contributed by atoms with E-state index < -0.39 is 10.0 Å². The zero-order valence-corrected chi connectivity index (χ0v) is 10.9. The van der Waals surface area contributed by atoms with Crippen LogP contribution in [0.2, 0.25) is 0 Å². The van der Waals surface area contributed by atoms with Crippen LogP contribution in [0.3, 0.4) is 0 Å². The Morgan fingerprint density at radius 1 is 1.29 bits per heavy atom. The Hall–Kier alpha value is -0.960. The molecule has 0 atom stereocenters. The van der Waals surface area contributed by atoms with Gasteiger partial charge in [0.2, 0.25) is 0 Å². The van der Waals surface area contributed by atoms with Crippen LogP contribution in [0.1, 0.15) is 0 Å². The Bertz CT molecular complexity index is 540. The average molecular weight is 288 g/mol. The topological polar surface area (TPSA) is 66.5 Å². The smallest absolute Gasteiger partial charge is 0.257 e. The highest BCUT2D eigenvalue weighted by Gasteiger charge is 2.31. The van der Waals surface area contributed by atoms with Crippen molar-refractivity contribution in [2.75, 3.05) is 5.75 Å². The van der Waals surface area contributed by atoms with Gasteiger partial charge in [-0.15, -0.1) is 4.83 Å². The zero-order chi connectivity index (χ0) is 12.5. The molecule has 17 heavy (non-hydrogen) atoms. The molecule has 2 rings (SSSR count). The van der Waals surface area contributed by atoms with Gasteiger partial charge in [-0.1, -0.05) is 42.2 Å². The van der Waals surface area contributed by atoms with E-state index in [1.54, 1.807) is 18.2 Å². The molecule has 0 aromatic heterocycles. The molecule has 1 fully saturated rings. The van der Waals surface area contributed by atoms with Gasteiger partial charge in [-0.25, -0.2) is 13.4 Å².